The Morgan fingerprint density at radius 2 is 1.90 bits per heavy atom. The molecule has 2 atom stereocenters. The number of carboxylic acid groups (broad SMARTS) is 1. The number of rotatable bonds is 11. The number of ether oxygens (including phenoxy) is 2. The first-order valence-corrected chi connectivity index (χ1v) is 9.80. The molecule has 1 heterocycles. The van der Waals surface area contributed by atoms with Gasteiger partial charge in [-0.3, -0.25) is 4.79 Å². The number of aliphatic carboxylic acids is 1. The Hall–Kier alpha value is -2.72. The minimum Gasteiger partial charge on any atom is -0.481 e. The topological polar surface area (TPSA) is 93.6 Å². The van der Waals surface area contributed by atoms with Crippen LogP contribution in [0.4, 0.5) is 24.5 Å². The van der Waals surface area contributed by atoms with Crippen molar-refractivity contribution in [1.82, 2.24) is 9.97 Å². The predicted octanol–water partition coefficient (Wildman–Crippen LogP) is 4.97. The zero-order valence-corrected chi connectivity index (χ0v) is 17.6. The highest BCUT2D eigenvalue weighted by Gasteiger charge is 2.43. The van der Waals surface area contributed by atoms with E-state index in [1.807, 2.05) is 6.92 Å². The molecule has 0 unspecified atom stereocenters. The number of hydrogen-bond donors (Lipinski definition) is 2. The van der Waals surface area contributed by atoms with Crippen LogP contribution < -0.4 is 5.32 Å². The van der Waals surface area contributed by atoms with Crippen molar-refractivity contribution in [3.63, 3.8) is 0 Å². The second-order valence-corrected chi connectivity index (χ2v) is 6.87. The molecule has 170 valence electrons. The van der Waals surface area contributed by atoms with E-state index in [-0.39, 0.29) is 36.8 Å². The first-order valence-electron chi connectivity index (χ1n) is 9.80. The van der Waals surface area contributed by atoms with Crippen molar-refractivity contribution in [2.75, 3.05) is 19.0 Å². The smallest absolute Gasteiger partial charge is 0.418 e. The molecule has 0 aliphatic rings. The van der Waals surface area contributed by atoms with E-state index in [0.29, 0.717) is 23.5 Å². The van der Waals surface area contributed by atoms with Crippen LogP contribution in [-0.2, 0) is 20.9 Å². The summed E-state index contributed by atoms with van der Waals surface area (Å²) in [5.74, 6) is -0.893. The number of nitrogens with one attached hydrogen (secondary N) is 1. The van der Waals surface area contributed by atoms with E-state index in [9.17, 15) is 18.0 Å². The Kier molecular flexibility index (Phi) is 8.76. The summed E-state index contributed by atoms with van der Waals surface area (Å²) >= 11 is 0. The summed E-state index contributed by atoms with van der Waals surface area (Å²) < 4.78 is 51.0. The molecule has 2 N–H and O–H groups in total. The SMILES string of the molecule is CCO[C@H](c1ccc([C@@H](CC)CC(=O)O)cc1Nc1cnc(COC)nc1)C(F)(F)F. The highest BCUT2D eigenvalue weighted by atomic mass is 19.4. The number of anilines is 2. The molecule has 0 spiro atoms. The van der Waals surface area contributed by atoms with E-state index in [0.717, 1.165) is 0 Å². The van der Waals surface area contributed by atoms with Gasteiger partial charge < -0.3 is 19.9 Å². The van der Waals surface area contributed by atoms with Gasteiger partial charge in [-0.25, -0.2) is 9.97 Å². The number of aromatic nitrogens is 2. The van der Waals surface area contributed by atoms with Gasteiger partial charge >= 0.3 is 12.1 Å². The number of alkyl halides is 3. The fourth-order valence-electron chi connectivity index (χ4n) is 3.18. The normalized spacial score (nSPS) is 13.6. The molecule has 7 nitrogen and oxygen atoms in total. The molecule has 0 radical (unpaired) electrons. The second-order valence-electron chi connectivity index (χ2n) is 6.87. The van der Waals surface area contributed by atoms with E-state index in [2.05, 4.69) is 15.3 Å². The van der Waals surface area contributed by atoms with Gasteiger partial charge in [-0.15, -0.1) is 0 Å². The average molecular weight is 441 g/mol. The van der Waals surface area contributed by atoms with Gasteiger partial charge in [-0.1, -0.05) is 19.1 Å². The number of carboxylic acids is 1. The summed E-state index contributed by atoms with van der Waals surface area (Å²) in [6.45, 7) is 3.39. The second kappa shape index (κ2) is 11.1. The lowest BCUT2D eigenvalue weighted by Gasteiger charge is -2.25. The number of nitrogens with zero attached hydrogens (tertiary/aromatic N) is 2. The predicted molar refractivity (Wildman–Crippen MR) is 108 cm³/mol. The largest absolute Gasteiger partial charge is 0.481 e. The molecule has 2 aromatic rings. The minimum absolute atomic E-state index is 0.107. The van der Waals surface area contributed by atoms with Crippen LogP contribution in [0.2, 0.25) is 0 Å². The van der Waals surface area contributed by atoms with E-state index >= 15 is 0 Å². The maximum atomic E-state index is 13.7. The Bertz CT molecular complexity index is 860. The van der Waals surface area contributed by atoms with Crippen molar-refractivity contribution < 1.29 is 32.5 Å². The number of benzene rings is 1. The maximum absolute atomic E-state index is 13.7. The molecule has 10 heteroatoms. The molecule has 0 saturated heterocycles. The van der Waals surface area contributed by atoms with Gasteiger partial charge in [0.25, 0.3) is 0 Å². The molecule has 0 aliphatic carbocycles. The molecule has 0 aliphatic heterocycles. The van der Waals surface area contributed by atoms with E-state index in [1.165, 1.54) is 44.6 Å². The van der Waals surface area contributed by atoms with Gasteiger partial charge in [-0.2, -0.15) is 13.2 Å². The van der Waals surface area contributed by atoms with Crippen molar-refractivity contribution >= 4 is 17.3 Å². The molecule has 0 amide bonds. The van der Waals surface area contributed by atoms with Crippen LogP contribution >= 0.6 is 0 Å². The van der Waals surface area contributed by atoms with Crippen LogP contribution in [0.3, 0.4) is 0 Å². The van der Waals surface area contributed by atoms with E-state index in [4.69, 9.17) is 14.6 Å². The van der Waals surface area contributed by atoms with Gasteiger partial charge in [0.1, 0.15) is 6.61 Å². The monoisotopic (exact) mass is 441 g/mol. The van der Waals surface area contributed by atoms with Crippen molar-refractivity contribution in [2.45, 2.75) is 51.5 Å². The lowest BCUT2D eigenvalue weighted by Crippen LogP contribution is -2.24. The number of methoxy groups -OCH3 is 1. The average Bonchev–Trinajstić information content (AvgIpc) is 2.71. The lowest BCUT2D eigenvalue weighted by atomic mass is 9.91. The Labute approximate surface area is 178 Å². The first-order chi connectivity index (χ1) is 14.7. The summed E-state index contributed by atoms with van der Waals surface area (Å²) in [5.41, 5.74) is 1.04. The van der Waals surface area contributed by atoms with Crippen LogP contribution in [0.15, 0.2) is 30.6 Å². The molecule has 0 bridgehead atoms. The standard InChI is InChI=1S/C21H26F3N3O4/c1-4-13(9-19(28)29)14-6-7-16(20(31-5-2)21(22,23)24)17(8-14)27-15-10-25-18(12-30-3)26-11-15/h6-8,10-11,13,20,27H,4-5,9,12H2,1-3H3,(H,28,29)/t13-,20+/m0/s1. The quantitative estimate of drug-likeness (QED) is 0.508. The number of halogens is 3. The molecule has 0 fully saturated rings. The maximum Gasteiger partial charge on any atom is 0.418 e. The van der Waals surface area contributed by atoms with E-state index in [1.54, 1.807) is 0 Å². The molecule has 0 saturated carbocycles. The van der Waals surface area contributed by atoms with Crippen molar-refractivity contribution in [1.29, 1.82) is 0 Å². The molecule has 31 heavy (non-hydrogen) atoms. The van der Waals surface area contributed by atoms with Crippen molar-refractivity contribution in [2.24, 2.45) is 0 Å². The molecule has 1 aromatic heterocycles. The van der Waals surface area contributed by atoms with Crippen LogP contribution in [0.25, 0.3) is 0 Å². The van der Waals surface area contributed by atoms with Crippen molar-refractivity contribution in [3.05, 3.63) is 47.5 Å². The molecular weight excluding hydrogens is 415 g/mol. The first kappa shape index (κ1) is 24.5. The highest BCUT2D eigenvalue weighted by Crippen LogP contribution is 2.41. The third-order valence-electron chi connectivity index (χ3n) is 4.63. The van der Waals surface area contributed by atoms with Gasteiger partial charge in [0.05, 0.1) is 24.5 Å². The molecule has 1 aromatic carbocycles. The number of hydrogen-bond acceptors (Lipinski definition) is 6. The third-order valence-corrected chi connectivity index (χ3v) is 4.63. The van der Waals surface area contributed by atoms with Gasteiger partial charge in [-0.05, 0) is 30.9 Å². The Balaban J connectivity index is 2.49. The van der Waals surface area contributed by atoms with Gasteiger partial charge in [0.2, 0.25) is 0 Å². The van der Waals surface area contributed by atoms with Crippen LogP contribution in [0, 0.1) is 0 Å². The van der Waals surface area contributed by atoms with Crippen LogP contribution in [-0.4, -0.2) is 40.9 Å². The number of carbonyl (C=O) groups is 1. The zero-order chi connectivity index (χ0) is 23.0. The van der Waals surface area contributed by atoms with Gasteiger partial charge in [0, 0.05) is 25.0 Å². The highest BCUT2D eigenvalue weighted by molar-refractivity contribution is 5.69. The fourth-order valence-corrected chi connectivity index (χ4v) is 3.18. The minimum atomic E-state index is -4.63. The summed E-state index contributed by atoms with van der Waals surface area (Å²) in [6.07, 6.45) is -3.49. The van der Waals surface area contributed by atoms with Crippen LogP contribution in [0.1, 0.15) is 55.7 Å². The molecule has 2 rings (SSSR count). The zero-order valence-electron chi connectivity index (χ0n) is 17.6. The summed E-state index contributed by atoms with van der Waals surface area (Å²) in [7, 11) is 1.50. The lowest BCUT2D eigenvalue weighted by molar-refractivity contribution is -0.222. The fraction of sp³-hybridized carbons (Fsp3) is 0.476. The Morgan fingerprint density at radius 1 is 1.23 bits per heavy atom. The van der Waals surface area contributed by atoms with Crippen LogP contribution in [0.5, 0.6) is 0 Å². The summed E-state index contributed by atoms with van der Waals surface area (Å²) in [4.78, 5) is 19.4. The summed E-state index contributed by atoms with van der Waals surface area (Å²) in [6, 6.07) is 4.39. The van der Waals surface area contributed by atoms with E-state index < -0.39 is 18.2 Å². The third kappa shape index (κ3) is 6.90. The Morgan fingerprint density at radius 3 is 2.42 bits per heavy atom. The summed E-state index contributed by atoms with van der Waals surface area (Å²) in [5, 5.41) is 12.1. The van der Waals surface area contributed by atoms with Crippen molar-refractivity contribution in [3.8, 4) is 0 Å². The van der Waals surface area contributed by atoms with Gasteiger partial charge in [0.15, 0.2) is 11.9 Å². The molecular formula is C21H26F3N3O4.